The summed E-state index contributed by atoms with van der Waals surface area (Å²) in [6.07, 6.45) is -1.61. The Morgan fingerprint density at radius 1 is 1.29 bits per heavy atom. The first-order valence-electron chi connectivity index (χ1n) is 4.74. The van der Waals surface area contributed by atoms with Gasteiger partial charge >= 0.3 is 7.60 Å². The number of aliphatic hydroxyl groups is 2. The third kappa shape index (κ3) is 4.13. The largest absolute Gasteiger partial charge is 0.407 e. The summed E-state index contributed by atoms with van der Waals surface area (Å²) in [6.45, 7) is -0.00323. The molecule has 1 rings (SSSR count). The van der Waals surface area contributed by atoms with Gasteiger partial charge in [0.1, 0.15) is 18.3 Å². The summed E-state index contributed by atoms with van der Waals surface area (Å²) < 4.78 is 25.6. The summed E-state index contributed by atoms with van der Waals surface area (Å²) >= 11 is 0. The molecular weight excluding hydrogens is 255 g/mol. The molecule has 0 aromatic heterocycles. The van der Waals surface area contributed by atoms with Gasteiger partial charge in [0.15, 0.2) is 0 Å². The van der Waals surface area contributed by atoms with Crippen LogP contribution in [0.3, 0.4) is 0 Å². The van der Waals surface area contributed by atoms with Gasteiger partial charge in [0.25, 0.3) is 0 Å². The monoisotopic (exact) mass is 270 g/mol. The highest BCUT2D eigenvalue weighted by molar-refractivity contribution is 7.56. The zero-order valence-electron chi connectivity index (χ0n) is 9.38. The van der Waals surface area contributed by atoms with Crippen LogP contribution >= 0.6 is 7.60 Å². The van der Waals surface area contributed by atoms with Crippen molar-refractivity contribution in [2.24, 2.45) is 0 Å². The van der Waals surface area contributed by atoms with Crippen molar-refractivity contribution in [1.29, 1.82) is 0 Å². The number of rotatable bonds is 6. The molecule has 0 spiro atoms. The lowest BCUT2D eigenvalue weighted by Crippen LogP contribution is -2.28. The van der Waals surface area contributed by atoms with Crippen molar-refractivity contribution >= 4 is 7.60 Å². The molecule has 1 heterocycles. The molecule has 0 aromatic carbocycles. The number of hydrogen-bond donors (Lipinski definition) is 2. The summed E-state index contributed by atoms with van der Waals surface area (Å²) in [7, 11) is -1.40. The van der Waals surface area contributed by atoms with Gasteiger partial charge in [0.2, 0.25) is 0 Å². The summed E-state index contributed by atoms with van der Waals surface area (Å²) in [4.78, 5) is 8.50. The minimum Gasteiger partial charge on any atom is -0.388 e. The SMILES string of the molecule is COOP(=O)(/C=C\C1OCC(O)C1O)OOC. The molecule has 8 nitrogen and oxygen atoms in total. The summed E-state index contributed by atoms with van der Waals surface area (Å²) in [5.74, 6) is 1.02. The van der Waals surface area contributed by atoms with Gasteiger partial charge in [-0.1, -0.05) is 0 Å². The minimum atomic E-state index is -3.72. The van der Waals surface area contributed by atoms with Crippen LogP contribution in [0.2, 0.25) is 0 Å². The van der Waals surface area contributed by atoms with E-state index in [1.807, 2.05) is 0 Å². The summed E-state index contributed by atoms with van der Waals surface area (Å²) in [6, 6.07) is 0. The zero-order chi connectivity index (χ0) is 12.9. The summed E-state index contributed by atoms with van der Waals surface area (Å²) in [5.41, 5.74) is 0. The fourth-order valence-electron chi connectivity index (χ4n) is 1.26. The van der Waals surface area contributed by atoms with Gasteiger partial charge in [-0.3, -0.25) is 4.57 Å². The molecule has 0 aromatic rings. The van der Waals surface area contributed by atoms with Crippen LogP contribution in [-0.2, 0) is 28.4 Å². The van der Waals surface area contributed by atoms with Crippen LogP contribution in [0.1, 0.15) is 0 Å². The molecule has 17 heavy (non-hydrogen) atoms. The lowest BCUT2D eigenvalue weighted by molar-refractivity contribution is -0.239. The maximum absolute atomic E-state index is 11.8. The van der Waals surface area contributed by atoms with Crippen LogP contribution < -0.4 is 0 Å². The molecule has 100 valence electrons. The van der Waals surface area contributed by atoms with E-state index in [1.165, 1.54) is 6.08 Å². The van der Waals surface area contributed by atoms with Gasteiger partial charge in [-0.25, -0.2) is 9.78 Å². The molecule has 1 aliphatic rings. The van der Waals surface area contributed by atoms with E-state index in [0.717, 1.165) is 20.0 Å². The van der Waals surface area contributed by atoms with Crippen molar-refractivity contribution in [2.45, 2.75) is 18.3 Å². The number of aliphatic hydroxyl groups excluding tert-OH is 2. The average molecular weight is 270 g/mol. The van der Waals surface area contributed by atoms with Crippen LogP contribution in [0.25, 0.3) is 0 Å². The van der Waals surface area contributed by atoms with Crippen molar-refractivity contribution in [3.63, 3.8) is 0 Å². The lowest BCUT2D eigenvalue weighted by atomic mass is 10.1. The molecule has 2 N–H and O–H groups in total. The maximum atomic E-state index is 11.8. The van der Waals surface area contributed by atoms with Crippen molar-refractivity contribution < 1.29 is 38.6 Å². The number of ether oxygens (including phenoxy) is 1. The van der Waals surface area contributed by atoms with Gasteiger partial charge in [-0.05, 0) is 6.08 Å². The van der Waals surface area contributed by atoms with Crippen molar-refractivity contribution in [1.82, 2.24) is 0 Å². The summed E-state index contributed by atoms with van der Waals surface area (Å²) in [5, 5.41) is 18.7. The molecule has 0 aliphatic carbocycles. The lowest BCUT2D eigenvalue weighted by Gasteiger charge is -2.12. The molecule has 0 saturated carbocycles. The predicted octanol–water partition coefficient (Wildman–Crippen LogP) is -0.0302. The second kappa shape index (κ2) is 6.58. The molecular formula is C8H15O8P. The maximum Gasteiger partial charge on any atom is 0.407 e. The average Bonchev–Trinajstić information content (AvgIpc) is 2.58. The standard InChI is InChI=1S/C8H15O8P/c1-12-15-17(11,16-13-2)4-3-7-8(10)6(9)5-14-7/h3-4,6-10H,5H2,1-2H3/b4-3-. The third-order valence-corrected chi connectivity index (χ3v) is 3.26. The third-order valence-electron chi connectivity index (χ3n) is 2.01. The van der Waals surface area contributed by atoms with Crippen molar-refractivity contribution in [3.05, 3.63) is 11.9 Å². The van der Waals surface area contributed by atoms with Crippen LogP contribution in [0.4, 0.5) is 0 Å². The molecule has 0 bridgehead atoms. The Morgan fingerprint density at radius 2 is 1.88 bits per heavy atom. The smallest absolute Gasteiger partial charge is 0.388 e. The van der Waals surface area contributed by atoms with E-state index in [9.17, 15) is 14.8 Å². The second-order valence-electron chi connectivity index (χ2n) is 3.22. The van der Waals surface area contributed by atoms with Crippen LogP contribution in [0, 0.1) is 0 Å². The predicted molar refractivity (Wildman–Crippen MR) is 54.7 cm³/mol. The van der Waals surface area contributed by atoms with E-state index in [0.29, 0.717) is 0 Å². The first kappa shape index (κ1) is 14.7. The second-order valence-corrected chi connectivity index (χ2v) is 4.90. The Balaban J connectivity index is 2.63. The fourth-order valence-corrected chi connectivity index (χ4v) is 2.18. The van der Waals surface area contributed by atoms with Crippen LogP contribution in [-0.4, -0.2) is 49.4 Å². The fraction of sp³-hybridized carbons (Fsp3) is 0.750. The first-order valence-corrected chi connectivity index (χ1v) is 6.35. The van der Waals surface area contributed by atoms with Gasteiger partial charge in [-0.2, -0.15) is 0 Å². The Kier molecular flexibility index (Phi) is 5.71. The highest BCUT2D eigenvalue weighted by Gasteiger charge is 2.34. The molecule has 1 aliphatic heterocycles. The molecule has 1 fully saturated rings. The topological polar surface area (TPSA) is 104 Å². The van der Waals surface area contributed by atoms with Gasteiger partial charge < -0.3 is 14.9 Å². The molecule has 3 atom stereocenters. The normalized spacial score (nSPS) is 30.2. The van der Waals surface area contributed by atoms with E-state index in [1.54, 1.807) is 0 Å². The van der Waals surface area contributed by atoms with E-state index in [2.05, 4.69) is 19.1 Å². The highest BCUT2D eigenvalue weighted by Crippen LogP contribution is 2.50. The van der Waals surface area contributed by atoms with Gasteiger partial charge in [-0.15, -0.1) is 9.35 Å². The van der Waals surface area contributed by atoms with Crippen molar-refractivity contribution in [2.75, 3.05) is 20.8 Å². The van der Waals surface area contributed by atoms with E-state index in [-0.39, 0.29) is 6.61 Å². The molecule has 0 radical (unpaired) electrons. The Hall–Kier alpha value is -0.310. The number of hydrogen-bond acceptors (Lipinski definition) is 8. The van der Waals surface area contributed by atoms with E-state index < -0.39 is 25.9 Å². The van der Waals surface area contributed by atoms with Gasteiger partial charge in [0, 0.05) is 5.82 Å². The zero-order valence-corrected chi connectivity index (χ0v) is 10.3. The van der Waals surface area contributed by atoms with Gasteiger partial charge in [0.05, 0.1) is 20.8 Å². The minimum absolute atomic E-state index is 0.00323. The highest BCUT2D eigenvalue weighted by atomic mass is 31.2. The Bertz CT molecular complexity index is 296. The Labute approximate surface area is 98.1 Å². The molecule has 0 amide bonds. The molecule has 3 unspecified atom stereocenters. The van der Waals surface area contributed by atoms with E-state index >= 15 is 0 Å². The van der Waals surface area contributed by atoms with Crippen molar-refractivity contribution in [3.8, 4) is 0 Å². The van der Waals surface area contributed by atoms with E-state index in [4.69, 9.17) is 4.74 Å². The Morgan fingerprint density at radius 3 is 2.29 bits per heavy atom. The van der Waals surface area contributed by atoms with Crippen LogP contribution in [0.5, 0.6) is 0 Å². The molecule has 1 saturated heterocycles. The quantitative estimate of drug-likeness (QED) is 0.394. The molecule has 9 heteroatoms. The first-order chi connectivity index (χ1) is 8.02. The van der Waals surface area contributed by atoms with Crippen LogP contribution in [0.15, 0.2) is 11.9 Å².